The van der Waals surface area contributed by atoms with Crippen LogP contribution in [0.2, 0.25) is 5.02 Å². The van der Waals surface area contributed by atoms with E-state index >= 15 is 0 Å². The molecule has 0 aliphatic heterocycles. The van der Waals surface area contributed by atoms with Crippen molar-refractivity contribution in [2.45, 2.75) is 25.1 Å². The first-order valence-corrected chi connectivity index (χ1v) is 4.88. The zero-order valence-electron chi connectivity index (χ0n) is 7.64. The third kappa shape index (κ3) is 2.56. The highest BCUT2D eigenvalue weighted by Gasteiger charge is 2.33. The smallest absolute Gasteiger partial charge is 0.417 e. The second kappa shape index (κ2) is 3.59. The molecule has 1 saturated carbocycles. The Morgan fingerprint density at radius 3 is 2.40 bits per heavy atom. The van der Waals surface area contributed by atoms with Crippen molar-refractivity contribution in [3.63, 3.8) is 0 Å². The molecule has 1 aromatic rings. The Balaban J connectivity index is 2.21. The molecule has 0 atom stereocenters. The summed E-state index contributed by atoms with van der Waals surface area (Å²) in [7, 11) is 0. The number of benzene rings is 1. The van der Waals surface area contributed by atoms with E-state index in [1.807, 2.05) is 0 Å². The molecule has 0 bridgehead atoms. The summed E-state index contributed by atoms with van der Waals surface area (Å²) in [6.45, 7) is 0. The predicted octanol–water partition coefficient (Wildman–Crippen LogP) is 3.90. The van der Waals surface area contributed by atoms with E-state index < -0.39 is 11.7 Å². The lowest BCUT2D eigenvalue weighted by atomic mass is 10.2. The van der Waals surface area contributed by atoms with Gasteiger partial charge in [-0.15, -0.1) is 0 Å². The Kier molecular flexibility index (Phi) is 2.54. The maximum absolute atomic E-state index is 12.3. The first-order valence-electron chi connectivity index (χ1n) is 4.50. The number of rotatable bonds is 2. The normalized spacial score (nSPS) is 16.5. The highest BCUT2D eigenvalue weighted by molar-refractivity contribution is 6.31. The second-order valence-electron chi connectivity index (χ2n) is 3.46. The minimum absolute atomic E-state index is 0.151. The van der Waals surface area contributed by atoms with E-state index in [-0.39, 0.29) is 11.1 Å². The molecule has 0 aromatic heterocycles. The number of ether oxygens (including phenoxy) is 1. The van der Waals surface area contributed by atoms with E-state index in [2.05, 4.69) is 0 Å². The number of hydrogen-bond donors (Lipinski definition) is 0. The van der Waals surface area contributed by atoms with Crippen molar-refractivity contribution < 1.29 is 17.9 Å². The molecular weight excluding hydrogens is 229 g/mol. The summed E-state index contributed by atoms with van der Waals surface area (Å²) in [5.74, 6) is 0.399. The van der Waals surface area contributed by atoms with Gasteiger partial charge in [0.1, 0.15) is 5.75 Å². The minimum atomic E-state index is -4.41. The molecule has 1 nitrogen and oxygen atoms in total. The van der Waals surface area contributed by atoms with Gasteiger partial charge in [0.2, 0.25) is 0 Å². The third-order valence-electron chi connectivity index (χ3n) is 2.07. The van der Waals surface area contributed by atoms with Crippen LogP contribution < -0.4 is 4.74 Å². The van der Waals surface area contributed by atoms with Crippen LogP contribution in [0, 0.1) is 0 Å². The van der Waals surface area contributed by atoms with Crippen LogP contribution in [-0.2, 0) is 6.18 Å². The largest absolute Gasteiger partial charge is 0.490 e. The average molecular weight is 237 g/mol. The summed E-state index contributed by atoms with van der Waals surface area (Å²) in [6.07, 6.45) is -2.34. The molecule has 2 rings (SSSR count). The van der Waals surface area contributed by atoms with Gasteiger partial charge in [0.25, 0.3) is 0 Å². The van der Waals surface area contributed by atoms with Gasteiger partial charge in [0, 0.05) is 0 Å². The molecule has 15 heavy (non-hydrogen) atoms. The first-order chi connectivity index (χ1) is 6.97. The van der Waals surface area contributed by atoms with Gasteiger partial charge in [0.05, 0.1) is 16.7 Å². The Hall–Kier alpha value is -0.900. The van der Waals surface area contributed by atoms with Crippen molar-refractivity contribution >= 4 is 11.6 Å². The summed E-state index contributed by atoms with van der Waals surface area (Å²) >= 11 is 5.52. The van der Waals surface area contributed by atoms with Crippen LogP contribution in [0.1, 0.15) is 18.4 Å². The maximum Gasteiger partial charge on any atom is 0.417 e. The van der Waals surface area contributed by atoms with Crippen molar-refractivity contribution in [2.24, 2.45) is 0 Å². The Morgan fingerprint density at radius 1 is 1.27 bits per heavy atom. The summed E-state index contributed by atoms with van der Waals surface area (Å²) in [6, 6.07) is 3.45. The molecular formula is C10H8ClF3O. The molecule has 1 aliphatic rings. The quantitative estimate of drug-likeness (QED) is 0.757. The number of alkyl halides is 3. The van der Waals surface area contributed by atoms with E-state index in [1.54, 1.807) is 0 Å². The fraction of sp³-hybridized carbons (Fsp3) is 0.400. The zero-order chi connectivity index (χ0) is 11.1. The monoisotopic (exact) mass is 236 g/mol. The fourth-order valence-electron chi connectivity index (χ4n) is 1.18. The van der Waals surface area contributed by atoms with Gasteiger partial charge in [-0.25, -0.2) is 0 Å². The molecule has 0 radical (unpaired) electrons. The first kappa shape index (κ1) is 10.6. The molecule has 0 heterocycles. The highest BCUT2D eigenvalue weighted by Crippen LogP contribution is 2.37. The molecule has 0 saturated heterocycles. The lowest BCUT2D eigenvalue weighted by Gasteiger charge is -2.10. The van der Waals surface area contributed by atoms with E-state index in [4.69, 9.17) is 16.3 Å². The van der Waals surface area contributed by atoms with Crippen LogP contribution in [0.15, 0.2) is 18.2 Å². The van der Waals surface area contributed by atoms with Crippen LogP contribution in [0.3, 0.4) is 0 Å². The summed E-state index contributed by atoms with van der Waals surface area (Å²) in [5, 5.41) is -0.319. The molecule has 1 aliphatic carbocycles. The van der Waals surface area contributed by atoms with Gasteiger partial charge in [-0.3, -0.25) is 0 Å². The second-order valence-corrected chi connectivity index (χ2v) is 3.86. The molecule has 82 valence electrons. The standard InChI is InChI=1S/C10H8ClF3O/c11-9-5-7(15-6-1-2-6)3-4-8(9)10(12,13)14/h3-6H,1-2H2. The van der Waals surface area contributed by atoms with Crippen molar-refractivity contribution in [3.8, 4) is 5.75 Å². The predicted molar refractivity (Wildman–Crippen MR) is 50.1 cm³/mol. The molecule has 0 spiro atoms. The van der Waals surface area contributed by atoms with Crippen LogP contribution in [0.4, 0.5) is 13.2 Å². The van der Waals surface area contributed by atoms with Gasteiger partial charge in [-0.2, -0.15) is 13.2 Å². The van der Waals surface area contributed by atoms with Crippen LogP contribution in [0.5, 0.6) is 5.75 Å². The lowest BCUT2D eigenvalue weighted by molar-refractivity contribution is -0.137. The van der Waals surface area contributed by atoms with Crippen molar-refractivity contribution in [1.82, 2.24) is 0 Å². The van der Waals surface area contributed by atoms with Gasteiger partial charge in [-0.1, -0.05) is 11.6 Å². The maximum atomic E-state index is 12.3. The molecule has 0 N–H and O–H groups in total. The Labute approximate surface area is 89.8 Å². The molecule has 5 heteroatoms. The van der Waals surface area contributed by atoms with Gasteiger partial charge in [0.15, 0.2) is 0 Å². The summed E-state index contributed by atoms with van der Waals surface area (Å²) < 4.78 is 42.3. The number of hydrogen-bond acceptors (Lipinski definition) is 1. The average Bonchev–Trinajstić information content (AvgIpc) is 2.85. The van der Waals surface area contributed by atoms with E-state index in [9.17, 15) is 13.2 Å². The van der Waals surface area contributed by atoms with E-state index in [0.717, 1.165) is 18.9 Å². The Bertz CT molecular complexity index is 371. The van der Waals surface area contributed by atoms with Crippen molar-refractivity contribution in [2.75, 3.05) is 0 Å². The van der Waals surface area contributed by atoms with Gasteiger partial charge < -0.3 is 4.74 Å². The van der Waals surface area contributed by atoms with Gasteiger partial charge >= 0.3 is 6.18 Å². The van der Waals surface area contributed by atoms with E-state index in [0.29, 0.717) is 5.75 Å². The van der Waals surface area contributed by atoms with E-state index in [1.165, 1.54) is 12.1 Å². The topological polar surface area (TPSA) is 9.23 Å². The molecule has 1 aromatic carbocycles. The number of halogens is 4. The fourth-order valence-corrected chi connectivity index (χ4v) is 1.46. The third-order valence-corrected chi connectivity index (χ3v) is 2.39. The Morgan fingerprint density at radius 2 is 1.93 bits per heavy atom. The van der Waals surface area contributed by atoms with Crippen molar-refractivity contribution in [3.05, 3.63) is 28.8 Å². The van der Waals surface area contributed by atoms with Gasteiger partial charge in [-0.05, 0) is 31.0 Å². The molecule has 1 fully saturated rings. The lowest BCUT2D eigenvalue weighted by Crippen LogP contribution is -2.06. The molecule has 0 unspecified atom stereocenters. The zero-order valence-corrected chi connectivity index (χ0v) is 8.40. The highest BCUT2D eigenvalue weighted by atomic mass is 35.5. The summed E-state index contributed by atoms with van der Waals surface area (Å²) in [4.78, 5) is 0. The van der Waals surface area contributed by atoms with Crippen LogP contribution in [-0.4, -0.2) is 6.10 Å². The summed E-state index contributed by atoms with van der Waals surface area (Å²) in [5.41, 5.74) is -0.827. The van der Waals surface area contributed by atoms with Crippen molar-refractivity contribution in [1.29, 1.82) is 0 Å². The van der Waals surface area contributed by atoms with Crippen LogP contribution >= 0.6 is 11.6 Å². The van der Waals surface area contributed by atoms with Crippen LogP contribution in [0.25, 0.3) is 0 Å². The molecule has 0 amide bonds. The minimum Gasteiger partial charge on any atom is -0.490 e. The SMILES string of the molecule is FC(F)(F)c1ccc(OC2CC2)cc1Cl.